The number of hydrogen-bond acceptors (Lipinski definition) is 8. The van der Waals surface area contributed by atoms with Crippen molar-refractivity contribution in [1.29, 1.82) is 0 Å². The predicted octanol–water partition coefficient (Wildman–Crippen LogP) is 2.02. The van der Waals surface area contributed by atoms with Crippen LogP contribution in [0, 0.1) is 0 Å². The molecule has 29 heavy (non-hydrogen) atoms. The zero-order valence-corrected chi connectivity index (χ0v) is 17.4. The molecule has 8 nitrogen and oxygen atoms in total. The summed E-state index contributed by atoms with van der Waals surface area (Å²) in [6.07, 6.45) is 5.07. The quantitative estimate of drug-likeness (QED) is 0.427. The number of halogens is 1. The summed E-state index contributed by atoms with van der Waals surface area (Å²) in [7, 11) is 0. The molecule has 0 N–H and O–H groups in total. The minimum absolute atomic E-state index is 0.145. The van der Waals surface area contributed by atoms with E-state index in [9.17, 15) is 9.59 Å². The van der Waals surface area contributed by atoms with Crippen molar-refractivity contribution in [2.24, 2.45) is 0 Å². The van der Waals surface area contributed by atoms with Crippen LogP contribution in [-0.2, 0) is 9.59 Å². The van der Waals surface area contributed by atoms with E-state index in [0.717, 1.165) is 41.7 Å². The van der Waals surface area contributed by atoms with E-state index in [4.69, 9.17) is 0 Å². The molecule has 0 radical (unpaired) electrons. The highest BCUT2D eigenvalue weighted by atomic mass is 79.9. The van der Waals surface area contributed by atoms with Crippen molar-refractivity contribution in [3.8, 4) is 5.13 Å². The summed E-state index contributed by atoms with van der Waals surface area (Å²) in [5, 5.41) is 1.57. The van der Waals surface area contributed by atoms with E-state index in [-0.39, 0.29) is 11.6 Å². The highest BCUT2D eigenvalue weighted by Crippen LogP contribution is 2.35. The average Bonchev–Trinajstić information content (AvgIpc) is 3.62. The fourth-order valence-corrected chi connectivity index (χ4v) is 4.52. The minimum Gasteiger partial charge on any atom is -0.365 e. The van der Waals surface area contributed by atoms with Crippen LogP contribution in [0.5, 0.6) is 0 Å². The van der Waals surface area contributed by atoms with Crippen molar-refractivity contribution in [2.75, 3.05) is 26.2 Å². The molecule has 2 fully saturated rings. The molecule has 0 unspecified atom stereocenters. The van der Waals surface area contributed by atoms with Crippen LogP contribution in [0.2, 0.25) is 0 Å². The topological polar surface area (TPSA) is 83.8 Å². The van der Waals surface area contributed by atoms with Crippen LogP contribution in [0.25, 0.3) is 21.7 Å². The number of fused-ring (bicyclic) bond motifs is 1. The first-order chi connectivity index (χ1) is 14.1. The van der Waals surface area contributed by atoms with Gasteiger partial charge in [0, 0.05) is 66.0 Å². The highest BCUT2D eigenvalue weighted by molar-refractivity contribution is 9.10. The molecule has 5 heterocycles. The Bertz CT molecular complexity index is 1280. The van der Waals surface area contributed by atoms with Gasteiger partial charge in [0.05, 0.1) is 11.3 Å². The molecule has 10 heteroatoms. The average molecular weight is 469 g/mol. The van der Waals surface area contributed by atoms with Crippen LogP contribution in [0.15, 0.2) is 46.5 Å². The number of Topliss-reactive ketones (excluding diaryl/α,β-unsaturated/α-hetero) is 1. The number of aromatic nitrogens is 4. The summed E-state index contributed by atoms with van der Waals surface area (Å²) >= 11 is 4.61. The lowest BCUT2D eigenvalue weighted by atomic mass is 9.96. The molecule has 2 aliphatic heterocycles. The number of allylic oxidation sites excluding steroid dienone is 2. The third-order valence-corrected chi connectivity index (χ3v) is 6.24. The normalized spacial score (nSPS) is 18.7. The summed E-state index contributed by atoms with van der Waals surface area (Å²) < 4.78 is 7.19. The first kappa shape index (κ1) is 17.0. The van der Waals surface area contributed by atoms with Crippen LogP contribution in [0.1, 0.15) is 5.82 Å². The van der Waals surface area contributed by atoms with Crippen molar-refractivity contribution in [1.82, 2.24) is 28.7 Å². The van der Waals surface area contributed by atoms with Gasteiger partial charge in [-0.1, -0.05) is 0 Å². The van der Waals surface area contributed by atoms with E-state index in [2.05, 4.69) is 30.3 Å². The van der Waals surface area contributed by atoms with Crippen molar-refractivity contribution < 1.29 is 9.59 Å². The molecule has 0 aromatic carbocycles. The summed E-state index contributed by atoms with van der Waals surface area (Å²) in [6.45, 7) is 3.12. The Morgan fingerprint density at radius 2 is 1.90 bits per heavy atom. The van der Waals surface area contributed by atoms with Crippen molar-refractivity contribution in [3.63, 3.8) is 0 Å². The lowest BCUT2D eigenvalue weighted by molar-refractivity contribution is -0.115. The molecule has 3 aromatic heterocycles. The van der Waals surface area contributed by atoms with Crippen molar-refractivity contribution in [3.05, 3.63) is 52.3 Å². The van der Waals surface area contributed by atoms with E-state index in [1.165, 1.54) is 17.6 Å². The van der Waals surface area contributed by atoms with Gasteiger partial charge in [0.15, 0.2) is 5.82 Å². The van der Waals surface area contributed by atoms with Gasteiger partial charge >= 0.3 is 0 Å². The van der Waals surface area contributed by atoms with E-state index >= 15 is 0 Å². The molecular weight excluding hydrogens is 456 g/mol. The van der Waals surface area contributed by atoms with Gasteiger partial charge in [-0.25, -0.2) is 4.98 Å². The largest absolute Gasteiger partial charge is 0.365 e. The Kier molecular flexibility index (Phi) is 3.57. The Morgan fingerprint density at radius 3 is 2.66 bits per heavy atom. The Labute approximate surface area is 177 Å². The van der Waals surface area contributed by atoms with E-state index < -0.39 is 0 Å². The third-order valence-electron chi connectivity index (χ3n) is 5.09. The summed E-state index contributed by atoms with van der Waals surface area (Å²) in [5.74, 6) is -0.0160. The van der Waals surface area contributed by atoms with Gasteiger partial charge in [-0.2, -0.15) is 9.36 Å². The molecule has 144 valence electrons. The van der Waals surface area contributed by atoms with E-state index in [1.807, 2.05) is 32.7 Å². The minimum atomic E-state index is -0.173. The second-order valence-corrected chi connectivity index (χ2v) is 8.72. The van der Waals surface area contributed by atoms with Crippen LogP contribution in [0.4, 0.5) is 0 Å². The fourth-order valence-electron chi connectivity index (χ4n) is 3.50. The lowest BCUT2D eigenvalue weighted by Gasteiger charge is -2.19. The molecule has 6 rings (SSSR count). The van der Waals surface area contributed by atoms with Gasteiger partial charge in [0.2, 0.25) is 16.7 Å². The SMILES string of the molecule is O=C1C=C(N2CC2)C(=O)C(c2nsc(-n3ccc4cc(Br)cnc43)n2)=C1N1CC1. The number of pyridine rings is 1. The maximum absolute atomic E-state index is 13.2. The Hall–Kier alpha value is -2.85. The lowest BCUT2D eigenvalue weighted by Crippen LogP contribution is -2.26. The van der Waals surface area contributed by atoms with Gasteiger partial charge in [-0.15, -0.1) is 0 Å². The number of nitrogens with zero attached hydrogens (tertiary/aromatic N) is 6. The second-order valence-electron chi connectivity index (χ2n) is 7.07. The summed E-state index contributed by atoms with van der Waals surface area (Å²) in [5.41, 5.74) is 1.94. The van der Waals surface area contributed by atoms with Gasteiger partial charge in [-0.3, -0.25) is 14.2 Å². The molecule has 3 aliphatic rings. The number of ketones is 2. The standard InChI is InChI=1S/C19H13BrN6O2S/c20-11-7-10-1-2-26(18(10)21-9-11)19-22-17(23-29-19)14-15(25-5-6-25)13(27)8-12(16(14)28)24-3-4-24/h1-2,7-9H,3-6H2. The van der Waals surface area contributed by atoms with Crippen molar-refractivity contribution in [2.45, 2.75) is 0 Å². The number of rotatable bonds is 4. The van der Waals surface area contributed by atoms with Gasteiger partial charge in [-0.05, 0) is 28.1 Å². The second kappa shape index (κ2) is 6.07. The van der Waals surface area contributed by atoms with Gasteiger partial charge in [0.1, 0.15) is 11.3 Å². The smallest absolute Gasteiger partial charge is 0.215 e. The molecule has 0 amide bonds. The van der Waals surface area contributed by atoms with Crippen molar-refractivity contribution >= 4 is 55.6 Å². The number of carbonyl (C=O) groups excluding carboxylic acids is 2. The maximum atomic E-state index is 13.2. The molecule has 1 aliphatic carbocycles. The number of carbonyl (C=O) groups is 2. The fraction of sp³-hybridized carbons (Fsp3) is 0.211. The van der Waals surface area contributed by atoms with Gasteiger partial charge < -0.3 is 9.80 Å². The summed E-state index contributed by atoms with van der Waals surface area (Å²) in [4.78, 5) is 38.8. The molecule has 2 saturated heterocycles. The molecule has 0 bridgehead atoms. The van der Waals surface area contributed by atoms with Crippen LogP contribution in [0.3, 0.4) is 0 Å². The van der Waals surface area contributed by atoms with Gasteiger partial charge in [0.25, 0.3) is 0 Å². The molecule has 3 aromatic rings. The molecular formula is C19H13BrN6O2S. The maximum Gasteiger partial charge on any atom is 0.215 e. The summed E-state index contributed by atoms with van der Waals surface area (Å²) in [6, 6.07) is 3.93. The van der Waals surface area contributed by atoms with E-state index in [1.54, 1.807) is 6.20 Å². The number of hydrogen-bond donors (Lipinski definition) is 0. The predicted molar refractivity (Wildman–Crippen MR) is 110 cm³/mol. The monoisotopic (exact) mass is 468 g/mol. The molecule has 0 saturated carbocycles. The van der Waals surface area contributed by atoms with Crippen LogP contribution < -0.4 is 0 Å². The Morgan fingerprint density at radius 1 is 1.10 bits per heavy atom. The third kappa shape index (κ3) is 2.74. The zero-order valence-electron chi connectivity index (χ0n) is 15.0. The molecule has 0 spiro atoms. The molecule has 0 atom stereocenters. The first-order valence-electron chi connectivity index (χ1n) is 9.12. The first-order valence-corrected chi connectivity index (χ1v) is 10.7. The zero-order chi connectivity index (χ0) is 19.7. The van der Waals surface area contributed by atoms with Crippen LogP contribution in [-0.4, -0.2) is 66.5 Å². The van der Waals surface area contributed by atoms with E-state index in [0.29, 0.717) is 27.9 Å². The van der Waals surface area contributed by atoms with Crippen LogP contribution >= 0.6 is 27.5 Å². The Balaban J connectivity index is 1.46. The highest BCUT2D eigenvalue weighted by Gasteiger charge is 2.41.